The molecule has 0 bridgehead atoms. The fourth-order valence-corrected chi connectivity index (χ4v) is 2.99. The first kappa shape index (κ1) is 15.1. The summed E-state index contributed by atoms with van der Waals surface area (Å²) in [6.45, 7) is 8.29. The van der Waals surface area contributed by atoms with Crippen LogP contribution in [-0.2, 0) is 12.8 Å². The molecule has 2 N–H and O–H groups in total. The van der Waals surface area contributed by atoms with Crippen molar-refractivity contribution < 1.29 is 0 Å². The number of hydrogen-bond donors (Lipinski definition) is 1. The summed E-state index contributed by atoms with van der Waals surface area (Å²) in [6, 6.07) is 6.04. The molecule has 1 unspecified atom stereocenters. The second-order valence-corrected chi connectivity index (χ2v) is 5.75. The monoisotopic (exact) mass is 291 g/mol. The normalized spacial score (nSPS) is 12.7. The molecule has 1 atom stereocenters. The van der Waals surface area contributed by atoms with Crippen LogP contribution in [-0.4, -0.2) is 15.8 Å². The Bertz CT molecular complexity index is 614. The van der Waals surface area contributed by atoms with E-state index in [2.05, 4.69) is 25.0 Å². The number of aryl methyl sites for hydroxylation is 1. The second-order valence-electron chi connectivity index (χ2n) is 5.34. The second kappa shape index (κ2) is 5.98. The van der Waals surface area contributed by atoms with Gasteiger partial charge in [0, 0.05) is 11.7 Å². The van der Waals surface area contributed by atoms with Gasteiger partial charge in [0.05, 0.1) is 16.4 Å². The van der Waals surface area contributed by atoms with Gasteiger partial charge in [0.15, 0.2) is 0 Å². The number of nitrogens with zero attached hydrogens (tertiary/aromatic N) is 2. The minimum atomic E-state index is 0.0924. The van der Waals surface area contributed by atoms with Crippen LogP contribution < -0.4 is 5.73 Å². The predicted molar refractivity (Wildman–Crippen MR) is 84.8 cm³/mol. The molecule has 2 aromatic rings. The van der Waals surface area contributed by atoms with Crippen molar-refractivity contribution in [1.82, 2.24) is 9.78 Å². The maximum atomic E-state index is 6.42. The van der Waals surface area contributed by atoms with Crippen LogP contribution in [0.1, 0.15) is 36.4 Å². The zero-order valence-electron chi connectivity index (χ0n) is 12.6. The highest BCUT2D eigenvalue weighted by Gasteiger charge is 2.17. The highest BCUT2D eigenvalue weighted by Crippen LogP contribution is 2.28. The van der Waals surface area contributed by atoms with E-state index in [0.29, 0.717) is 0 Å². The quantitative estimate of drug-likeness (QED) is 0.935. The summed E-state index contributed by atoms with van der Waals surface area (Å²) in [4.78, 5) is 0. The molecule has 2 rings (SSSR count). The molecule has 0 amide bonds. The van der Waals surface area contributed by atoms with Gasteiger partial charge in [0.2, 0.25) is 0 Å². The Hall–Kier alpha value is -1.32. The van der Waals surface area contributed by atoms with Gasteiger partial charge in [-0.3, -0.25) is 0 Å². The first-order valence-corrected chi connectivity index (χ1v) is 7.41. The largest absolute Gasteiger partial charge is 0.328 e. The van der Waals surface area contributed by atoms with E-state index >= 15 is 0 Å². The SMILES string of the molecule is CCc1c(C)nn(-c2c(Cl)cccc2CC(C)N)c1C. The maximum Gasteiger partial charge on any atom is 0.0867 e. The van der Waals surface area contributed by atoms with Crippen LogP contribution in [0.25, 0.3) is 5.69 Å². The highest BCUT2D eigenvalue weighted by molar-refractivity contribution is 6.32. The van der Waals surface area contributed by atoms with E-state index < -0.39 is 0 Å². The van der Waals surface area contributed by atoms with Crippen LogP contribution in [0.15, 0.2) is 18.2 Å². The van der Waals surface area contributed by atoms with E-state index in [-0.39, 0.29) is 6.04 Å². The fourth-order valence-electron chi connectivity index (χ4n) is 2.71. The molecule has 1 aromatic heterocycles. The zero-order valence-corrected chi connectivity index (χ0v) is 13.3. The summed E-state index contributed by atoms with van der Waals surface area (Å²) in [7, 11) is 0. The van der Waals surface area contributed by atoms with Crippen LogP contribution in [0.2, 0.25) is 5.02 Å². The van der Waals surface area contributed by atoms with Gasteiger partial charge in [0.25, 0.3) is 0 Å². The lowest BCUT2D eigenvalue weighted by molar-refractivity contribution is 0.724. The molecule has 0 saturated heterocycles. The summed E-state index contributed by atoms with van der Waals surface area (Å²) in [5.41, 5.74) is 11.6. The van der Waals surface area contributed by atoms with E-state index in [1.54, 1.807) is 0 Å². The molecule has 0 fully saturated rings. The summed E-state index contributed by atoms with van der Waals surface area (Å²) in [5, 5.41) is 5.39. The fraction of sp³-hybridized carbons (Fsp3) is 0.438. The van der Waals surface area contributed by atoms with Crippen LogP contribution >= 0.6 is 11.6 Å². The zero-order chi connectivity index (χ0) is 14.9. The Kier molecular flexibility index (Phi) is 4.51. The summed E-state index contributed by atoms with van der Waals surface area (Å²) in [5.74, 6) is 0. The Balaban J connectivity index is 2.63. The summed E-state index contributed by atoms with van der Waals surface area (Å²) < 4.78 is 1.97. The van der Waals surface area contributed by atoms with Gasteiger partial charge >= 0.3 is 0 Å². The van der Waals surface area contributed by atoms with Gasteiger partial charge in [-0.05, 0) is 50.8 Å². The molecular formula is C16H22ClN3. The molecule has 0 saturated carbocycles. The summed E-state index contributed by atoms with van der Waals surface area (Å²) in [6.07, 6.45) is 1.76. The number of para-hydroxylation sites is 1. The number of benzene rings is 1. The van der Waals surface area contributed by atoms with Crippen molar-refractivity contribution in [2.24, 2.45) is 5.73 Å². The Labute approximate surface area is 125 Å². The number of hydrogen-bond acceptors (Lipinski definition) is 2. The van der Waals surface area contributed by atoms with Crippen molar-refractivity contribution in [2.75, 3.05) is 0 Å². The molecule has 0 aliphatic heterocycles. The van der Waals surface area contributed by atoms with Crippen molar-refractivity contribution >= 4 is 11.6 Å². The lowest BCUT2D eigenvalue weighted by Gasteiger charge is -2.15. The highest BCUT2D eigenvalue weighted by atomic mass is 35.5. The van der Waals surface area contributed by atoms with E-state index in [0.717, 1.165) is 40.5 Å². The molecule has 1 heterocycles. The predicted octanol–water partition coefficient (Wildman–Crippen LogP) is 3.59. The molecule has 4 heteroatoms. The van der Waals surface area contributed by atoms with Crippen molar-refractivity contribution in [3.63, 3.8) is 0 Å². The molecule has 0 radical (unpaired) electrons. The van der Waals surface area contributed by atoms with Crippen LogP contribution in [0.5, 0.6) is 0 Å². The average Bonchev–Trinajstić information content (AvgIpc) is 2.64. The number of rotatable bonds is 4. The molecule has 1 aromatic carbocycles. The van der Waals surface area contributed by atoms with Crippen molar-refractivity contribution in [3.8, 4) is 5.69 Å². The lowest BCUT2D eigenvalue weighted by Crippen LogP contribution is -2.19. The molecule has 0 spiro atoms. The molecule has 108 valence electrons. The molecule has 0 aliphatic rings. The van der Waals surface area contributed by atoms with E-state index in [9.17, 15) is 0 Å². The van der Waals surface area contributed by atoms with Crippen molar-refractivity contribution in [1.29, 1.82) is 0 Å². The van der Waals surface area contributed by atoms with E-state index in [4.69, 9.17) is 17.3 Å². The topological polar surface area (TPSA) is 43.8 Å². The van der Waals surface area contributed by atoms with Gasteiger partial charge in [-0.15, -0.1) is 0 Å². The first-order valence-electron chi connectivity index (χ1n) is 7.04. The molecule has 0 aliphatic carbocycles. The Morgan fingerprint density at radius 1 is 1.35 bits per heavy atom. The van der Waals surface area contributed by atoms with Crippen molar-refractivity contribution in [2.45, 2.75) is 46.6 Å². The first-order chi connectivity index (χ1) is 9.45. The van der Waals surface area contributed by atoms with E-state index in [1.165, 1.54) is 5.56 Å². The smallest absolute Gasteiger partial charge is 0.0867 e. The van der Waals surface area contributed by atoms with Gasteiger partial charge in [-0.2, -0.15) is 5.10 Å². The van der Waals surface area contributed by atoms with Gasteiger partial charge in [-0.25, -0.2) is 4.68 Å². The molecule has 20 heavy (non-hydrogen) atoms. The third-order valence-corrected chi connectivity index (χ3v) is 3.92. The maximum absolute atomic E-state index is 6.42. The van der Waals surface area contributed by atoms with Crippen LogP contribution in [0, 0.1) is 13.8 Å². The minimum absolute atomic E-state index is 0.0924. The lowest BCUT2D eigenvalue weighted by atomic mass is 10.1. The number of nitrogens with two attached hydrogens (primary N) is 1. The van der Waals surface area contributed by atoms with Crippen LogP contribution in [0.4, 0.5) is 0 Å². The minimum Gasteiger partial charge on any atom is -0.328 e. The standard InChI is InChI=1S/C16H22ClN3/c1-5-14-11(3)19-20(12(14)4)16-13(9-10(2)18)7-6-8-15(16)17/h6-8,10H,5,9,18H2,1-4H3. The van der Waals surface area contributed by atoms with Gasteiger partial charge in [-0.1, -0.05) is 30.7 Å². The van der Waals surface area contributed by atoms with Gasteiger partial charge in [0.1, 0.15) is 0 Å². The third-order valence-electron chi connectivity index (χ3n) is 3.62. The number of aromatic nitrogens is 2. The van der Waals surface area contributed by atoms with Crippen molar-refractivity contribution in [3.05, 3.63) is 45.7 Å². The summed E-state index contributed by atoms with van der Waals surface area (Å²) >= 11 is 6.42. The molecule has 3 nitrogen and oxygen atoms in total. The number of halogens is 1. The third kappa shape index (κ3) is 2.74. The van der Waals surface area contributed by atoms with E-state index in [1.807, 2.05) is 30.7 Å². The average molecular weight is 292 g/mol. The van der Waals surface area contributed by atoms with Gasteiger partial charge < -0.3 is 5.73 Å². The molecular weight excluding hydrogens is 270 g/mol. The Morgan fingerprint density at radius 2 is 2.05 bits per heavy atom. The van der Waals surface area contributed by atoms with Crippen LogP contribution in [0.3, 0.4) is 0 Å². The Morgan fingerprint density at radius 3 is 2.60 bits per heavy atom.